The average Bonchev–Trinajstić information content (AvgIpc) is 2.77. The van der Waals surface area contributed by atoms with E-state index in [1.807, 2.05) is 41.8 Å². The molecule has 0 atom stereocenters. The first-order valence-electron chi connectivity index (χ1n) is 5.21. The van der Waals surface area contributed by atoms with Crippen LogP contribution in [0.1, 0.15) is 4.88 Å². The normalized spacial score (nSPS) is 10.3. The summed E-state index contributed by atoms with van der Waals surface area (Å²) in [7, 11) is 0. The molecule has 6 heteroatoms. The molecule has 0 saturated heterocycles. The Bertz CT molecular complexity index is 528. The van der Waals surface area contributed by atoms with Crippen LogP contribution in [0.5, 0.6) is 0 Å². The summed E-state index contributed by atoms with van der Waals surface area (Å²) in [6.07, 6.45) is 0. The summed E-state index contributed by atoms with van der Waals surface area (Å²) < 4.78 is 0. The molecule has 0 aliphatic carbocycles. The van der Waals surface area contributed by atoms with Crippen molar-refractivity contribution in [1.82, 2.24) is 5.06 Å². The average molecular weight is 280 g/mol. The molecule has 1 heterocycles. The summed E-state index contributed by atoms with van der Waals surface area (Å²) in [5.74, 6) is 0. The molecule has 0 spiro atoms. The van der Waals surface area contributed by atoms with Gasteiger partial charge in [-0.15, -0.1) is 11.3 Å². The number of urea groups is 1. The molecule has 0 fully saturated rings. The lowest BCUT2D eigenvalue weighted by Crippen LogP contribution is -2.31. The molecule has 0 aliphatic rings. The molecule has 0 aliphatic heterocycles. The molecule has 18 heavy (non-hydrogen) atoms. The predicted molar refractivity (Wildman–Crippen MR) is 71.8 cm³/mol. The number of hydrogen-bond acceptors (Lipinski definition) is 4. The van der Waals surface area contributed by atoms with Crippen LogP contribution in [0.15, 0.2) is 51.6 Å². The maximum Gasteiger partial charge on any atom is 0.338 e. The van der Waals surface area contributed by atoms with Gasteiger partial charge in [0.05, 0.1) is 6.54 Å². The highest BCUT2D eigenvalue weighted by Gasteiger charge is 2.09. The Balaban J connectivity index is 2.00. The molecule has 2 amide bonds. The minimum absolute atomic E-state index is 0.120. The SMILES string of the molecule is NC(=O)N(O)Cc1cc(Sc2ccccc2)cs1. The third kappa shape index (κ3) is 3.49. The van der Waals surface area contributed by atoms with Gasteiger partial charge in [0.15, 0.2) is 0 Å². The van der Waals surface area contributed by atoms with Gasteiger partial charge < -0.3 is 5.73 Å². The Kier molecular flexibility index (Phi) is 4.24. The molecule has 0 saturated carbocycles. The summed E-state index contributed by atoms with van der Waals surface area (Å²) in [6.45, 7) is 0.120. The van der Waals surface area contributed by atoms with Gasteiger partial charge in [0.25, 0.3) is 0 Å². The number of rotatable bonds is 4. The first kappa shape index (κ1) is 12.9. The van der Waals surface area contributed by atoms with Crippen LogP contribution in [-0.2, 0) is 6.54 Å². The second kappa shape index (κ2) is 5.90. The van der Waals surface area contributed by atoms with E-state index in [1.54, 1.807) is 11.8 Å². The van der Waals surface area contributed by atoms with Gasteiger partial charge in [-0.25, -0.2) is 9.86 Å². The van der Waals surface area contributed by atoms with Gasteiger partial charge in [-0.3, -0.25) is 5.21 Å². The Morgan fingerprint density at radius 2 is 2.06 bits per heavy atom. The fourth-order valence-electron chi connectivity index (χ4n) is 1.35. The van der Waals surface area contributed by atoms with E-state index in [4.69, 9.17) is 5.73 Å². The van der Waals surface area contributed by atoms with E-state index >= 15 is 0 Å². The van der Waals surface area contributed by atoms with Crippen LogP contribution in [0.3, 0.4) is 0 Å². The van der Waals surface area contributed by atoms with Gasteiger partial charge in [0.1, 0.15) is 0 Å². The summed E-state index contributed by atoms with van der Waals surface area (Å²) >= 11 is 3.12. The molecule has 94 valence electrons. The minimum Gasteiger partial charge on any atom is -0.350 e. The summed E-state index contributed by atoms with van der Waals surface area (Å²) in [4.78, 5) is 13.8. The van der Waals surface area contributed by atoms with Gasteiger partial charge in [-0.2, -0.15) is 0 Å². The largest absolute Gasteiger partial charge is 0.350 e. The van der Waals surface area contributed by atoms with E-state index in [2.05, 4.69) is 0 Å². The number of benzene rings is 1. The van der Waals surface area contributed by atoms with E-state index in [0.29, 0.717) is 5.06 Å². The smallest absolute Gasteiger partial charge is 0.338 e. The van der Waals surface area contributed by atoms with Gasteiger partial charge in [0, 0.05) is 20.0 Å². The van der Waals surface area contributed by atoms with E-state index < -0.39 is 6.03 Å². The zero-order chi connectivity index (χ0) is 13.0. The van der Waals surface area contributed by atoms with Crippen molar-refractivity contribution in [2.24, 2.45) is 5.73 Å². The van der Waals surface area contributed by atoms with Gasteiger partial charge in [-0.1, -0.05) is 30.0 Å². The zero-order valence-corrected chi connectivity index (χ0v) is 11.1. The van der Waals surface area contributed by atoms with Crippen molar-refractivity contribution in [2.75, 3.05) is 0 Å². The van der Waals surface area contributed by atoms with E-state index in [9.17, 15) is 10.0 Å². The molecular weight excluding hydrogens is 268 g/mol. The number of hydrogen-bond donors (Lipinski definition) is 2. The lowest BCUT2D eigenvalue weighted by Gasteiger charge is -2.09. The Morgan fingerprint density at radius 1 is 1.33 bits per heavy atom. The first-order valence-corrected chi connectivity index (χ1v) is 6.91. The molecule has 2 rings (SSSR count). The fraction of sp³-hybridized carbons (Fsp3) is 0.0833. The van der Waals surface area contributed by atoms with Crippen molar-refractivity contribution in [3.05, 3.63) is 46.7 Å². The van der Waals surface area contributed by atoms with Gasteiger partial charge in [0.2, 0.25) is 0 Å². The molecule has 1 aromatic heterocycles. The van der Waals surface area contributed by atoms with Crippen molar-refractivity contribution < 1.29 is 10.0 Å². The highest BCUT2D eigenvalue weighted by atomic mass is 32.2. The standard InChI is InChI=1S/C12H12N2O2S2/c13-12(15)14(16)7-10-6-11(8-17-10)18-9-4-2-1-3-5-9/h1-6,8,16H,7H2,(H2,13,15). The Morgan fingerprint density at radius 3 is 2.72 bits per heavy atom. The second-order valence-electron chi connectivity index (χ2n) is 3.56. The van der Waals surface area contributed by atoms with E-state index in [0.717, 1.165) is 14.7 Å². The number of primary amides is 1. The van der Waals surface area contributed by atoms with Crippen molar-refractivity contribution in [3.63, 3.8) is 0 Å². The highest BCUT2D eigenvalue weighted by molar-refractivity contribution is 7.99. The number of carbonyl (C=O) groups excluding carboxylic acids is 1. The number of carbonyl (C=O) groups is 1. The zero-order valence-electron chi connectivity index (χ0n) is 9.45. The maximum absolute atomic E-state index is 10.7. The van der Waals surface area contributed by atoms with Crippen LogP contribution in [0.25, 0.3) is 0 Å². The van der Waals surface area contributed by atoms with Crippen molar-refractivity contribution in [3.8, 4) is 0 Å². The molecule has 4 nitrogen and oxygen atoms in total. The van der Waals surface area contributed by atoms with E-state index in [-0.39, 0.29) is 6.54 Å². The topological polar surface area (TPSA) is 66.6 Å². The Labute approximate surface area is 113 Å². The molecule has 0 bridgehead atoms. The van der Waals surface area contributed by atoms with Crippen molar-refractivity contribution in [2.45, 2.75) is 16.3 Å². The quantitative estimate of drug-likeness (QED) is 0.667. The second-order valence-corrected chi connectivity index (χ2v) is 5.70. The maximum atomic E-state index is 10.7. The first-order chi connectivity index (χ1) is 8.65. The summed E-state index contributed by atoms with van der Waals surface area (Å²) in [5.41, 5.74) is 4.95. The molecule has 0 unspecified atom stereocenters. The molecule has 1 aromatic carbocycles. The summed E-state index contributed by atoms with van der Waals surface area (Å²) in [5, 5.41) is 11.7. The number of amides is 2. The molecule has 0 radical (unpaired) electrons. The molecule has 3 N–H and O–H groups in total. The lowest BCUT2D eigenvalue weighted by molar-refractivity contribution is -0.0463. The number of thiophene rings is 1. The van der Waals surface area contributed by atoms with Crippen LogP contribution in [0, 0.1) is 0 Å². The van der Waals surface area contributed by atoms with Crippen LogP contribution in [0.2, 0.25) is 0 Å². The number of nitrogens with zero attached hydrogens (tertiary/aromatic N) is 1. The predicted octanol–water partition coefficient (Wildman–Crippen LogP) is 3.17. The highest BCUT2D eigenvalue weighted by Crippen LogP contribution is 2.31. The van der Waals surface area contributed by atoms with Gasteiger partial charge >= 0.3 is 6.03 Å². The van der Waals surface area contributed by atoms with Gasteiger partial charge in [-0.05, 0) is 18.2 Å². The van der Waals surface area contributed by atoms with Crippen LogP contribution >= 0.6 is 23.1 Å². The van der Waals surface area contributed by atoms with Crippen molar-refractivity contribution in [1.29, 1.82) is 0 Å². The van der Waals surface area contributed by atoms with Crippen LogP contribution < -0.4 is 5.73 Å². The minimum atomic E-state index is -0.847. The fourth-order valence-corrected chi connectivity index (χ4v) is 3.25. The number of hydroxylamine groups is 2. The Hall–Kier alpha value is -1.50. The monoisotopic (exact) mass is 280 g/mol. The van der Waals surface area contributed by atoms with Crippen LogP contribution in [-0.4, -0.2) is 16.3 Å². The number of nitrogens with two attached hydrogens (primary N) is 1. The lowest BCUT2D eigenvalue weighted by atomic mass is 10.4. The third-order valence-corrected chi connectivity index (χ3v) is 4.22. The summed E-state index contributed by atoms with van der Waals surface area (Å²) in [6, 6.07) is 11.1. The molecule has 2 aromatic rings. The van der Waals surface area contributed by atoms with Crippen LogP contribution in [0.4, 0.5) is 4.79 Å². The molecular formula is C12H12N2O2S2. The van der Waals surface area contributed by atoms with E-state index in [1.165, 1.54) is 11.3 Å². The van der Waals surface area contributed by atoms with Crippen molar-refractivity contribution >= 4 is 29.1 Å². The third-order valence-electron chi connectivity index (χ3n) is 2.17.